The molecular weight excluding hydrogens is 320 g/mol. The number of thiophene rings is 1. The molecule has 2 unspecified atom stereocenters. The molecule has 0 spiro atoms. The van der Waals surface area contributed by atoms with Crippen molar-refractivity contribution in [3.63, 3.8) is 0 Å². The molecule has 1 aliphatic heterocycles. The van der Waals surface area contributed by atoms with E-state index in [1.807, 2.05) is 14.1 Å². The Balaban J connectivity index is 2.30. The molecule has 1 aliphatic rings. The number of ether oxygens (including phenoxy) is 1. The molecule has 0 bridgehead atoms. The lowest BCUT2D eigenvalue weighted by Crippen LogP contribution is -2.48. The van der Waals surface area contributed by atoms with E-state index in [4.69, 9.17) is 4.74 Å². The quantitative estimate of drug-likeness (QED) is 0.794. The molecule has 1 saturated heterocycles. The summed E-state index contributed by atoms with van der Waals surface area (Å²) in [5.74, 6) is 0.755. The first kappa shape index (κ1) is 17.7. The van der Waals surface area contributed by atoms with Crippen LogP contribution in [0.1, 0.15) is 26.2 Å². The second-order valence-corrected chi connectivity index (χ2v) is 9.20. The van der Waals surface area contributed by atoms with Gasteiger partial charge in [0.25, 0.3) is 10.0 Å². The lowest BCUT2D eigenvalue weighted by atomic mass is 9.93. The Morgan fingerprint density at radius 1 is 1.45 bits per heavy atom. The van der Waals surface area contributed by atoms with E-state index >= 15 is 0 Å². The molecule has 2 atom stereocenters. The number of piperidine rings is 1. The van der Waals surface area contributed by atoms with Crippen molar-refractivity contribution < 1.29 is 13.2 Å². The van der Waals surface area contributed by atoms with Crippen LogP contribution in [0, 0.1) is 5.92 Å². The Labute approximate surface area is 137 Å². The van der Waals surface area contributed by atoms with Gasteiger partial charge in [-0.3, -0.25) is 0 Å². The molecule has 0 saturated carbocycles. The van der Waals surface area contributed by atoms with Gasteiger partial charge in [0.15, 0.2) is 4.21 Å². The molecule has 2 heterocycles. The molecule has 0 radical (unpaired) electrons. The summed E-state index contributed by atoms with van der Waals surface area (Å²) in [5, 5.41) is 1.77. The van der Waals surface area contributed by atoms with Crippen LogP contribution >= 0.6 is 11.3 Å². The van der Waals surface area contributed by atoms with Crippen LogP contribution in [0.3, 0.4) is 0 Å². The van der Waals surface area contributed by atoms with E-state index in [0.717, 1.165) is 25.8 Å². The second kappa shape index (κ2) is 7.29. The predicted molar refractivity (Wildman–Crippen MR) is 90.1 cm³/mol. The van der Waals surface area contributed by atoms with Gasteiger partial charge in [0, 0.05) is 19.1 Å². The summed E-state index contributed by atoms with van der Waals surface area (Å²) >= 11 is 1.24. The van der Waals surface area contributed by atoms with Gasteiger partial charge in [-0.25, -0.2) is 8.42 Å². The van der Waals surface area contributed by atoms with Crippen molar-refractivity contribution in [3.8, 4) is 5.75 Å². The minimum absolute atomic E-state index is 0.0629. The van der Waals surface area contributed by atoms with Crippen molar-refractivity contribution in [3.05, 3.63) is 11.4 Å². The summed E-state index contributed by atoms with van der Waals surface area (Å²) in [6.45, 7) is 3.63. The minimum atomic E-state index is -3.48. The molecule has 7 heteroatoms. The van der Waals surface area contributed by atoms with Gasteiger partial charge >= 0.3 is 0 Å². The van der Waals surface area contributed by atoms with Crippen molar-refractivity contribution in [2.45, 2.75) is 36.4 Å². The Kier molecular flexibility index (Phi) is 5.87. The van der Waals surface area contributed by atoms with Crippen LogP contribution in [-0.4, -0.2) is 58.0 Å². The van der Waals surface area contributed by atoms with Crippen LogP contribution in [0.15, 0.2) is 15.7 Å². The number of hydrogen-bond donors (Lipinski definition) is 0. The van der Waals surface area contributed by atoms with Gasteiger partial charge in [-0.2, -0.15) is 4.31 Å². The zero-order valence-corrected chi connectivity index (χ0v) is 15.4. The number of nitrogens with zero attached hydrogens (tertiary/aromatic N) is 2. The topological polar surface area (TPSA) is 49.9 Å². The molecule has 126 valence electrons. The second-order valence-electron chi connectivity index (χ2n) is 6.19. The first-order valence-electron chi connectivity index (χ1n) is 7.66. The van der Waals surface area contributed by atoms with Gasteiger partial charge in [-0.15, -0.1) is 11.3 Å². The molecule has 1 aromatic rings. The van der Waals surface area contributed by atoms with Gasteiger partial charge in [0.2, 0.25) is 0 Å². The smallest absolute Gasteiger partial charge is 0.256 e. The molecule has 0 aromatic carbocycles. The first-order valence-corrected chi connectivity index (χ1v) is 9.98. The fraction of sp³-hybridized carbons (Fsp3) is 0.733. The number of rotatable bonds is 6. The third-order valence-corrected chi connectivity index (χ3v) is 7.52. The maximum absolute atomic E-state index is 13.1. The molecule has 0 aliphatic carbocycles. The fourth-order valence-electron chi connectivity index (χ4n) is 3.22. The average molecular weight is 347 g/mol. The SMILES string of the molecule is COc1ccsc1S(=O)(=O)N1CCCCC1C(C)CN(C)C. The van der Waals surface area contributed by atoms with Crippen molar-refractivity contribution >= 4 is 21.4 Å². The lowest BCUT2D eigenvalue weighted by molar-refractivity contribution is 0.168. The lowest BCUT2D eigenvalue weighted by Gasteiger charge is -2.38. The van der Waals surface area contributed by atoms with Gasteiger partial charge < -0.3 is 9.64 Å². The van der Waals surface area contributed by atoms with E-state index in [-0.39, 0.29) is 6.04 Å². The standard InChI is InChI=1S/C15H26N2O3S2/c1-12(11-16(2)3)13-7-5-6-9-17(13)22(18,19)15-14(20-4)8-10-21-15/h8,10,12-13H,5-7,9,11H2,1-4H3. The van der Waals surface area contributed by atoms with Gasteiger partial charge in [-0.05, 0) is 44.3 Å². The normalized spacial score (nSPS) is 22.0. The van der Waals surface area contributed by atoms with Crippen LogP contribution in [0.4, 0.5) is 0 Å². The Morgan fingerprint density at radius 3 is 2.82 bits per heavy atom. The summed E-state index contributed by atoms with van der Waals surface area (Å²) in [6.07, 6.45) is 2.95. The molecule has 2 rings (SSSR count). The molecule has 0 N–H and O–H groups in total. The largest absolute Gasteiger partial charge is 0.494 e. The van der Waals surface area contributed by atoms with Crippen LogP contribution in [0.5, 0.6) is 5.75 Å². The van der Waals surface area contributed by atoms with Gasteiger partial charge in [0.05, 0.1) is 7.11 Å². The summed E-state index contributed by atoms with van der Waals surface area (Å²) in [7, 11) is 2.09. The highest BCUT2D eigenvalue weighted by molar-refractivity contribution is 7.91. The van der Waals surface area contributed by atoms with Crippen LogP contribution in [0.2, 0.25) is 0 Å². The molecule has 1 aromatic heterocycles. The average Bonchev–Trinajstić information content (AvgIpc) is 2.95. The van der Waals surface area contributed by atoms with E-state index in [1.54, 1.807) is 15.8 Å². The predicted octanol–water partition coefficient (Wildman–Crippen LogP) is 2.50. The summed E-state index contributed by atoms with van der Waals surface area (Å²) < 4.78 is 33.4. The van der Waals surface area contributed by atoms with Crippen molar-refractivity contribution in [1.82, 2.24) is 9.21 Å². The van der Waals surface area contributed by atoms with Gasteiger partial charge in [-0.1, -0.05) is 13.3 Å². The molecular formula is C15H26N2O3S2. The number of hydrogen-bond acceptors (Lipinski definition) is 5. The first-order chi connectivity index (χ1) is 10.4. The number of sulfonamides is 1. The Hall–Kier alpha value is -0.630. The summed E-state index contributed by atoms with van der Waals surface area (Å²) in [6, 6.07) is 1.78. The van der Waals surface area contributed by atoms with Crippen LogP contribution < -0.4 is 4.74 Å². The Morgan fingerprint density at radius 2 is 2.18 bits per heavy atom. The molecule has 1 fully saturated rings. The zero-order chi connectivity index (χ0) is 16.3. The third kappa shape index (κ3) is 3.64. The van der Waals surface area contributed by atoms with E-state index in [9.17, 15) is 8.42 Å². The molecule has 5 nitrogen and oxygen atoms in total. The highest BCUT2D eigenvalue weighted by Crippen LogP contribution is 2.36. The van der Waals surface area contributed by atoms with Crippen LogP contribution in [-0.2, 0) is 10.0 Å². The highest BCUT2D eigenvalue weighted by Gasteiger charge is 2.38. The maximum atomic E-state index is 13.1. The summed E-state index contributed by atoms with van der Waals surface area (Å²) in [5.41, 5.74) is 0. The van der Waals surface area contributed by atoms with Crippen molar-refractivity contribution in [2.75, 3.05) is 34.3 Å². The van der Waals surface area contributed by atoms with Crippen molar-refractivity contribution in [2.24, 2.45) is 5.92 Å². The monoisotopic (exact) mass is 346 g/mol. The third-order valence-electron chi connectivity index (χ3n) is 4.17. The van der Waals surface area contributed by atoms with Crippen molar-refractivity contribution in [1.29, 1.82) is 0 Å². The van der Waals surface area contributed by atoms with Crippen LogP contribution in [0.25, 0.3) is 0 Å². The molecule has 22 heavy (non-hydrogen) atoms. The zero-order valence-electron chi connectivity index (χ0n) is 13.8. The Bertz CT molecular complexity index is 583. The summed E-state index contributed by atoms with van der Waals surface area (Å²) in [4.78, 5) is 2.12. The van der Waals surface area contributed by atoms with Gasteiger partial charge in [0.1, 0.15) is 5.75 Å². The van der Waals surface area contributed by atoms with E-state index in [2.05, 4.69) is 11.8 Å². The minimum Gasteiger partial charge on any atom is -0.494 e. The fourth-order valence-corrected chi connectivity index (χ4v) is 6.41. The highest BCUT2D eigenvalue weighted by atomic mass is 32.2. The van der Waals surface area contributed by atoms with E-state index in [1.165, 1.54) is 18.4 Å². The number of methoxy groups -OCH3 is 1. The maximum Gasteiger partial charge on any atom is 0.256 e. The van der Waals surface area contributed by atoms with E-state index < -0.39 is 10.0 Å². The molecule has 0 amide bonds. The van der Waals surface area contributed by atoms with E-state index in [0.29, 0.717) is 22.4 Å².